The van der Waals surface area contributed by atoms with Crippen molar-refractivity contribution in [2.24, 2.45) is 7.05 Å². The second-order valence-corrected chi connectivity index (χ2v) is 7.57. The van der Waals surface area contributed by atoms with E-state index in [1.165, 1.54) is 0 Å². The fourth-order valence-electron chi connectivity index (χ4n) is 3.88. The molecule has 6 nitrogen and oxygen atoms in total. The molecule has 146 valence electrons. The molecule has 0 bridgehead atoms. The Labute approximate surface area is 166 Å². The third-order valence-electron chi connectivity index (χ3n) is 5.64. The van der Waals surface area contributed by atoms with Gasteiger partial charge in [-0.15, -0.1) is 0 Å². The lowest BCUT2D eigenvalue weighted by atomic mass is 10.2. The Balaban J connectivity index is 1.73. The van der Waals surface area contributed by atoms with Crippen LogP contribution in [0.1, 0.15) is 23.0 Å². The van der Waals surface area contributed by atoms with Crippen molar-refractivity contribution >= 4 is 5.91 Å². The molecule has 2 aromatic heterocycles. The van der Waals surface area contributed by atoms with E-state index in [1.807, 2.05) is 53.0 Å². The van der Waals surface area contributed by atoms with Crippen LogP contribution < -0.4 is 4.90 Å². The van der Waals surface area contributed by atoms with Crippen molar-refractivity contribution in [2.75, 3.05) is 32.7 Å². The van der Waals surface area contributed by atoms with Gasteiger partial charge in [0.25, 0.3) is 5.91 Å². The molecule has 0 saturated carbocycles. The average Bonchev–Trinajstić information content (AvgIpc) is 3.33. The average molecular weight is 379 g/mol. The van der Waals surface area contributed by atoms with Crippen molar-refractivity contribution in [1.82, 2.24) is 19.2 Å². The lowest BCUT2D eigenvalue weighted by molar-refractivity contribution is -0.902. The number of benzene rings is 1. The van der Waals surface area contributed by atoms with Gasteiger partial charge in [-0.25, -0.2) is 4.68 Å². The number of nitrogens with one attached hydrogen (secondary N) is 1. The van der Waals surface area contributed by atoms with Gasteiger partial charge in [-0.05, 0) is 49.7 Å². The van der Waals surface area contributed by atoms with Crippen molar-refractivity contribution in [2.45, 2.75) is 13.8 Å². The first-order chi connectivity index (χ1) is 13.6. The number of hydrogen-bond acceptors (Lipinski definition) is 2. The van der Waals surface area contributed by atoms with E-state index < -0.39 is 0 Å². The van der Waals surface area contributed by atoms with Gasteiger partial charge in [0.05, 0.1) is 44.1 Å². The van der Waals surface area contributed by atoms with Crippen LogP contribution in [0.25, 0.3) is 17.1 Å². The molecule has 0 aliphatic carbocycles. The van der Waals surface area contributed by atoms with E-state index in [9.17, 15) is 4.79 Å². The van der Waals surface area contributed by atoms with Crippen LogP contribution in [0.3, 0.4) is 0 Å². The van der Waals surface area contributed by atoms with Gasteiger partial charge >= 0.3 is 0 Å². The first-order valence-electron chi connectivity index (χ1n) is 9.98. The zero-order valence-corrected chi connectivity index (χ0v) is 16.9. The normalized spacial score (nSPS) is 15.2. The van der Waals surface area contributed by atoms with Crippen molar-refractivity contribution in [3.63, 3.8) is 0 Å². The van der Waals surface area contributed by atoms with Crippen LogP contribution in [0.15, 0.2) is 48.7 Å². The highest BCUT2D eigenvalue weighted by molar-refractivity contribution is 5.94. The monoisotopic (exact) mass is 378 g/mol. The summed E-state index contributed by atoms with van der Waals surface area (Å²) in [6.45, 7) is 8.96. The smallest absolute Gasteiger partial charge is 0.273 e. The maximum Gasteiger partial charge on any atom is 0.273 e. The van der Waals surface area contributed by atoms with Crippen LogP contribution in [0.5, 0.6) is 0 Å². The quantitative estimate of drug-likeness (QED) is 0.749. The number of carbonyl (C=O) groups is 1. The van der Waals surface area contributed by atoms with Crippen LogP contribution in [0, 0.1) is 6.92 Å². The molecule has 1 amide bonds. The van der Waals surface area contributed by atoms with Crippen molar-refractivity contribution in [3.8, 4) is 17.1 Å². The van der Waals surface area contributed by atoms with E-state index in [4.69, 9.17) is 5.10 Å². The zero-order valence-electron chi connectivity index (χ0n) is 16.9. The molecule has 3 aromatic rings. The summed E-state index contributed by atoms with van der Waals surface area (Å²) >= 11 is 0. The summed E-state index contributed by atoms with van der Waals surface area (Å²) in [7, 11) is 2.00. The number of amides is 1. The third-order valence-corrected chi connectivity index (χ3v) is 5.64. The predicted octanol–water partition coefficient (Wildman–Crippen LogP) is 1.55. The van der Waals surface area contributed by atoms with E-state index >= 15 is 0 Å². The van der Waals surface area contributed by atoms with Gasteiger partial charge in [-0.2, -0.15) is 5.10 Å². The molecule has 0 atom stereocenters. The molecule has 4 rings (SSSR count). The summed E-state index contributed by atoms with van der Waals surface area (Å²) in [6, 6.07) is 14.1. The van der Waals surface area contributed by atoms with Crippen LogP contribution in [0.4, 0.5) is 0 Å². The number of likely N-dealkylation sites (N-methyl/N-ethyl adjacent to an activating group) is 1. The highest BCUT2D eigenvalue weighted by Gasteiger charge is 2.27. The van der Waals surface area contributed by atoms with Crippen LogP contribution >= 0.6 is 0 Å². The van der Waals surface area contributed by atoms with Gasteiger partial charge in [-0.1, -0.05) is 12.1 Å². The Kier molecular flexibility index (Phi) is 5.05. The summed E-state index contributed by atoms with van der Waals surface area (Å²) in [6.07, 6.45) is 2.00. The van der Waals surface area contributed by atoms with Gasteiger partial charge in [0.15, 0.2) is 0 Å². The summed E-state index contributed by atoms with van der Waals surface area (Å²) in [4.78, 5) is 16.9. The second kappa shape index (κ2) is 7.64. The number of aryl methyl sites for hydroxylation is 2. The minimum atomic E-state index is 0.0598. The SMILES string of the molecule is CC[NH+]1CCN(C(=O)c2cc(-c3cccn3C)nn2-c2cccc(C)c2)CC1. The molecular formula is C22H28N5O+. The number of piperazine rings is 1. The molecule has 3 heterocycles. The molecule has 1 aliphatic heterocycles. The molecule has 0 spiro atoms. The van der Waals surface area contributed by atoms with E-state index in [1.54, 1.807) is 9.58 Å². The van der Waals surface area contributed by atoms with Crippen molar-refractivity contribution in [3.05, 3.63) is 59.9 Å². The number of aromatic nitrogens is 3. The zero-order chi connectivity index (χ0) is 19.7. The maximum atomic E-state index is 13.4. The van der Waals surface area contributed by atoms with Gasteiger partial charge in [0, 0.05) is 13.2 Å². The molecule has 0 radical (unpaired) electrons. The number of carbonyl (C=O) groups excluding carboxylic acids is 1. The lowest BCUT2D eigenvalue weighted by Gasteiger charge is -2.31. The molecule has 1 N–H and O–H groups in total. The van der Waals surface area contributed by atoms with Gasteiger partial charge in [0.2, 0.25) is 0 Å². The highest BCUT2D eigenvalue weighted by Crippen LogP contribution is 2.23. The minimum Gasteiger partial charge on any atom is -0.349 e. The summed E-state index contributed by atoms with van der Waals surface area (Å²) < 4.78 is 3.83. The van der Waals surface area contributed by atoms with E-state index in [0.29, 0.717) is 5.69 Å². The lowest BCUT2D eigenvalue weighted by Crippen LogP contribution is -3.14. The summed E-state index contributed by atoms with van der Waals surface area (Å²) in [5, 5.41) is 4.82. The van der Waals surface area contributed by atoms with E-state index in [-0.39, 0.29) is 5.91 Å². The maximum absolute atomic E-state index is 13.4. The topological polar surface area (TPSA) is 47.5 Å². The van der Waals surface area contributed by atoms with Crippen LogP contribution in [-0.2, 0) is 7.05 Å². The number of quaternary nitrogens is 1. The number of rotatable bonds is 4. The van der Waals surface area contributed by atoms with Crippen LogP contribution in [0.2, 0.25) is 0 Å². The van der Waals surface area contributed by atoms with Crippen molar-refractivity contribution < 1.29 is 9.69 Å². The third kappa shape index (κ3) is 3.47. The minimum absolute atomic E-state index is 0.0598. The molecule has 0 unspecified atom stereocenters. The van der Waals surface area contributed by atoms with Gasteiger partial charge < -0.3 is 14.4 Å². The summed E-state index contributed by atoms with van der Waals surface area (Å²) in [5.41, 5.74) is 4.51. The molecule has 1 saturated heterocycles. The standard InChI is InChI=1S/C22H27N5O/c1-4-25-11-13-26(14-12-25)22(28)21-16-19(20-9-6-10-24(20)3)23-27(21)18-8-5-7-17(2)15-18/h5-10,15-16H,4,11-14H2,1-3H3/p+1. The van der Waals surface area contributed by atoms with Gasteiger partial charge in [-0.3, -0.25) is 4.79 Å². The van der Waals surface area contributed by atoms with E-state index in [2.05, 4.69) is 26.0 Å². The Bertz CT molecular complexity index is 978. The fourth-order valence-corrected chi connectivity index (χ4v) is 3.88. The Morgan fingerprint density at radius 1 is 1.14 bits per heavy atom. The molecule has 1 fully saturated rings. The highest BCUT2D eigenvalue weighted by atomic mass is 16.2. The first kappa shape index (κ1) is 18.5. The predicted molar refractivity (Wildman–Crippen MR) is 110 cm³/mol. The largest absolute Gasteiger partial charge is 0.349 e. The number of hydrogen-bond donors (Lipinski definition) is 1. The number of nitrogens with zero attached hydrogens (tertiary/aromatic N) is 4. The van der Waals surface area contributed by atoms with Crippen molar-refractivity contribution in [1.29, 1.82) is 0 Å². The second-order valence-electron chi connectivity index (χ2n) is 7.57. The molecular weight excluding hydrogens is 350 g/mol. The fraction of sp³-hybridized carbons (Fsp3) is 0.364. The Hall–Kier alpha value is -2.86. The molecule has 1 aliphatic rings. The summed E-state index contributed by atoms with van der Waals surface area (Å²) in [5.74, 6) is 0.0598. The molecule has 6 heteroatoms. The molecule has 28 heavy (non-hydrogen) atoms. The molecule has 1 aromatic carbocycles. The Morgan fingerprint density at radius 3 is 2.57 bits per heavy atom. The van der Waals surface area contributed by atoms with Gasteiger partial charge in [0.1, 0.15) is 11.4 Å². The van der Waals surface area contributed by atoms with E-state index in [0.717, 1.165) is 55.4 Å². The first-order valence-corrected chi connectivity index (χ1v) is 9.98. The Morgan fingerprint density at radius 2 is 1.93 bits per heavy atom. The van der Waals surface area contributed by atoms with Crippen LogP contribution in [-0.4, -0.2) is 57.9 Å².